The fourth-order valence-electron chi connectivity index (χ4n) is 4.62. The fourth-order valence-corrected chi connectivity index (χ4v) is 4.62. The SMILES string of the molecule is NCC1CCN([C@@H]2Cc3ccccc3[C@H]2Oc2ccc3c(c2)OCO3)CC1. The zero-order valence-electron chi connectivity index (χ0n) is 15.5. The monoisotopic (exact) mass is 366 g/mol. The molecule has 0 unspecified atom stereocenters. The van der Waals surface area contributed by atoms with Gasteiger partial charge in [0.05, 0.1) is 6.04 Å². The van der Waals surface area contributed by atoms with Crippen molar-refractivity contribution in [3.05, 3.63) is 53.6 Å². The third kappa shape index (κ3) is 3.15. The van der Waals surface area contributed by atoms with E-state index in [0.717, 1.165) is 43.3 Å². The number of piperidine rings is 1. The quantitative estimate of drug-likeness (QED) is 0.901. The fraction of sp³-hybridized carbons (Fsp3) is 0.455. The van der Waals surface area contributed by atoms with E-state index in [0.29, 0.717) is 12.0 Å². The van der Waals surface area contributed by atoms with Gasteiger partial charge in [-0.2, -0.15) is 0 Å². The third-order valence-electron chi connectivity index (χ3n) is 6.20. The van der Waals surface area contributed by atoms with Crippen LogP contribution >= 0.6 is 0 Å². The molecule has 0 amide bonds. The van der Waals surface area contributed by atoms with Crippen molar-refractivity contribution in [3.8, 4) is 17.2 Å². The molecule has 2 N–H and O–H groups in total. The minimum atomic E-state index is 0.0380. The first-order chi connectivity index (χ1) is 13.3. The first kappa shape index (κ1) is 16.9. The summed E-state index contributed by atoms with van der Waals surface area (Å²) in [6.07, 6.45) is 3.44. The Balaban J connectivity index is 1.40. The van der Waals surface area contributed by atoms with Gasteiger partial charge in [0.15, 0.2) is 11.5 Å². The number of nitrogens with zero attached hydrogens (tertiary/aromatic N) is 1. The molecule has 3 aliphatic rings. The van der Waals surface area contributed by atoms with Crippen LogP contribution in [0.2, 0.25) is 0 Å². The van der Waals surface area contributed by atoms with Gasteiger partial charge >= 0.3 is 0 Å². The van der Waals surface area contributed by atoms with Gasteiger partial charge in [-0.1, -0.05) is 24.3 Å². The second-order valence-electron chi connectivity index (χ2n) is 7.74. The summed E-state index contributed by atoms with van der Waals surface area (Å²) in [7, 11) is 0. The number of likely N-dealkylation sites (tertiary alicyclic amines) is 1. The Kier molecular flexibility index (Phi) is 4.42. The van der Waals surface area contributed by atoms with Gasteiger partial charge in [-0.25, -0.2) is 0 Å². The second-order valence-corrected chi connectivity index (χ2v) is 7.74. The van der Waals surface area contributed by atoms with Crippen LogP contribution in [-0.2, 0) is 6.42 Å². The molecule has 2 heterocycles. The first-order valence-corrected chi connectivity index (χ1v) is 9.90. The van der Waals surface area contributed by atoms with Crippen LogP contribution in [0, 0.1) is 5.92 Å². The molecule has 2 aromatic carbocycles. The largest absolute Gasteiger partial charge is 0.484 e. The summed E-state index contributed by atoms with van der Waals surface area (Å²) in [4.78, 5) is 2.60. The highest BCUT2D eigenvalue weighted by atomic mass is 16.7. The highest BCUT2D eigenvalue weighted by molar-refractivity contribution is 5.47. The summed E-state index contributed by atoms with van der Waals surface area (Å²) in [6.45, 7) is 3.28. The summed E-state index contributed by atoms with van der Waals surface area (Å²) in [6, 6.07) is 14.9. The molecule has 1 aliphatic carbocycles. The molecule has 0 spiro atoms. The second kappa shape index (κ2) is 7.06. The molecule has 2 aliphatic heterocycles. The summed E-state index contributed by atoms with van der Waals surface area (Å²) in [5.41, 5.74) is 8.58. The molecule has 0 bridgehead atoms. The maximum atomic E-state index is 6.54. The van der Waals surface area contributed by atoms with Crippen molar-refractivity contribution in [1.29, 1.82) is 0 Å². The van der Waals surface area contributed by atoms with Crippen LogP contribution in [0.25, 0.3) is 0 Å². The molecule has 0 saturated carbocycles. The van der Waals surface area contributed by atoms with Gasteiger partial charge in [-0.3, -0.25) is 4.90 Å². The van der Waals surface area contributed by atoms with Crippen LogP contribution in [0.1, 0.15) is 30.1 Å². The molecular formula is C22H26N2O3. The Labute approximate surface area is 160 Å². The van der Waals surface area contributed by atoms with Crippen molar-refractivity contribution < 1.29 is 14.2 Å². The van der Waals surface area contributed by atoms with E-state index < -0.39 is 0 Å². The minimum absolute atomic E-state index is 0.0380. The van der Waals surface area contributed by atoms with E-state index >= 15 is 0 Å². The molecule has 1 saturated heterocycles. The van der Waals surface area contributed by atoms with E-state index in [1.54, 1.807) is 0 Å². The maximum absolute atomic E-state index is 6.54. The average molecular weight is 366 g/mol. The third-order valence-corrected chi connectivity index (χ3v) is 6.20. The molecule has 0 radical (unpaired) electrons. The smallest absolute Gasteiger partial charge is 0.231 e. The number of hydrogen-bond acceptors (Lipinski definition) is 5. The molecule has 27 heavy (non-hydrogen) atoms. The van der Waals surface area contributed by atoms with E-state index in [9.17, 15) is 0 Å². The van der Waals surface area contributed by atoms with E-state index in [-0.39, 0.29) is 12.9 Å². The lowest BCUT2D eigenvalue weighted by Crippen LogP contribution is -2.45. The van der Waals surface area contributed by atoms with Crippen LogP contribution in [-0.4, -0.2) is 37.4 Å². The van der Waals surface area contributed by atoms with Crippen LogP contribution in [0.5, 0.6) is 17.2 Å². The lowest BCUT2D eigenvalue weighted by molar-refractivity contribution is 0.0537. The highest BCUT2D eigenvalue weighted by Gasteiger charge is 2.39. The molecular weight excluding hydrogens is 340 g/mol. The van der Waals surface area contributed by atoms with E-state index in [2.05, 4.69) is 29.2 Å². The van der Waals surface area contributed by atoms with E-state index in [1.807, 2.05) is 18.2 Å². The van der Waals surface area contributed by atoms with Crippen molar-refractivity contribution in [2.75, 3.05) is 26.4 Å². The molecule has 5 nitrogen and oxygen atoms in total. The number of ether oxygens (including phenoxy) is 3. The standard InChI is InChI=1S/C22H26N2O3/c23-13-15-7-9-24(10-8-15)19-11-16-3-1-2-4-18(16)22(19)27-17-5-6-20-21(12-17)26-14-25-20/h1-6,12,15,19,22H,7-11,13-14,23H2/t19-,22-/m1/s1. The van der Waals surface area contributed by atoms with Gasteiger partial charge < -0.3 is 19.9 Å². The average Bonchev–Trinajstić information content (AvgIpc) is 3.33. The van der Waals surface area contributed by atoms with E-state index in [1.165, 1.54) is 24.0 Å². The Bertz CT molecular complexity index is 817. The van der Waals surface area contributed by atoms with Crippen LogP contribution in [0.3, 0.4) is 0 Å². The molecule has 1 fully saturated rings. The predicted molar refractivity (Wildman–Crippen MR) is 103 cm³/mol. The lowest BCUT2D eigenvalue weighted by Gasteiger charge is -2.38. The van der Waals surface area contributed by atoms with Crippen molar-refractivity contribution in [1.82, 2.24) is 4.90 Å². The number of fused-ring (bicyclic) bond motifs is 2. The van der Waals surface area contributed by atoms with Gasteiger partial charge in [0.25, 0.3) is 0 Å². The molecule has 0 aromatic heterocycles. The summed E-state index contributed by atoms with van der Waals surface area (Å²) in [5, 5.41) is 0. The zero-order chi connectivity index (χ0) is 18.2. The van der Waals surface area contributed by atoms with Crippen LogP contribution in [0.4, 0.5) is 0 Å². The molecule has 5 rings (SSSR count). The van der Waals surface area contributed by atoms with Crippen molar-refractivity contribution >= 4 is 0 Å². The Hall–Kier alpha value is -2.24. The molecule has 2 aromatic rings. The number of rotatable bonds is 4. The normalized spacial score (nSPS) is 24.8. The van der Waals surface area contributed by atoms with Gasteiger partial charge in [0.1, 0.15) is 11.9 Å². The number of nitrogens with two attached hydrogens (primary N) is 1. The number of hydrogen-bond donors (Lipinski definition) is 1. The molecule has 142 valence electrons. The van der Waals surface area contributed by atoms with Crippen molar-refractivity contribution in [3.63, 3.8) is 0 Å². The van der Waals surface area contributed by atoms with Gasteiger partial charge in [-0.05, 0) is 68.1 Å². The van der Waals surface area contributed by atoms with Crippen LogP contribution in [0.15, 0.2) is 42.5 Å². The van der Waals surface area contributed by atoms with Crippen molar-refractivity contribution in [2.45, 2.75) is 31.4 Å². The summed E-state index contributed by atoms with van der Waals surface area (Å²) in [5.74, 6) is 3.05. The predicted octanol–water partition coefficient (Wildman–Crippen LogP) is 3.13. The highest BCUT2D eigenvalue weighted by Crippen LogP contribution is 2.41. The summed E-state index contributed by atoms with van der Waals surface area (Å²) >= 11 is 0. The summed E-state index contributed by atoms with van der Waals surface area (Å²) < 4.78 is 17.5. The van der Waals surface area contributed by atoms with Gasteiger partial charge in [-0.15, -0.1) is 0 Å². The molecule has 5 heteroatoms. The maximum Gasteiger partial charge on any atom is 0.231 e. The Morgan fingerprint density at radius 3 is 2.70 bits per heavy atom. The van der Waals surface area contributed by atoms with E-state index in [4.69, 9.17) is 19.9 Å². The topological polar surface area (TPSA) is 57.0 Å². The molecule has 2 atom stereocenters. The lowest BCUT2D eigenvalue weighted by atomic mass is 9.95. The Morgan fingerprint density at radius 2 is 1.85 bits per heavy atom. The van der Waals surface area contributed by atoms with Crippen molar-refractivity contribution in [2.24, 2.45) is 11.7 Å². The number of benzene rings is 2. The minimum Gasteiger partial charge on any atom is -0.484 e. The Morgan fingerprint density at radius 1 is 1.04 bits per heavy atom. The zero-order valence-corrected chi connectivity index (χ0v) is 15.5. The van der Waals surface area contributed by atoms with Gasteiger partial charge in [0, 0.05) is 6.07 Å². The first-order valence-electron chi connectivity index (χ1n) is 9.90. The van der Waals surface area contributed by atoms with Gasteiger partial charge in [0.2, 0.25) is 6.79 Å². The van der Waals surface area contributed by atoms with Crippen LogP contribution < -0.4 is 19.9 Å².